The number of amides is 2. The number of anilines is 1. The molecule has 1 N–H and O–H groups in total. The summed E-state index contributed by atoms with van der Waals surface area (Å²) >= 11 is 0. The maximum atomic E-state index is 13.4. The fourth-order valence-corrected chi connectivity index (χ4v) is 5.41. The van der Waals surface area contributed by atoms with Gasteiger partial charge in [-0.05, 0) is 55.7 Å². The van der Waals surface area contributed by atoms with Crippen molar-refractivity contribution in [1.29, 1.82) is 0 Å². The van der Waals surface area contributed by atoms with Gasteiger partial charge in [-0.3, -0.25) is 9.59 Å². The van der Waals surface area contributed by atoms with Gasteiger partial charge in [-0.1, -0.05) is 12.1 Å². The van der Waals surface area contributed by atoms with Crippen LogP contribution < -0.4 is 5.32 Å². The first-order valence-corrected chi connectivity index (χ1v) is 10.8. The average Bonchev–Trinajstić information content (AvgIpc) is 3.16. The molecule has 4 aliphatic rings. The maximum absolute atomic E-state index is 13.4. The van der Waals surface area contributed by atoms with Crippen LogP contribution in [0.4, 0.5) is 5.69 Å². The van der Waals surface area contributed by atoms with Crippen molar-refractivity contribution in [3.05, 3.63) is 53.0 Å². The van der Waals surface area contributed by atoms with E-state index < -0.39 is 0 Å². The van der Waals surface area contributed by atoms with Crippen molar-refractivity contribution in [2.45, 2.75) is 50.1 Å². The highest BCUT2D eigenvalue weighted by molar-refractivity contribution is 6.01. The zero-order valence-electron chi connectivity index (χ0n) is 16.4. The number of hydrogen-bond donors (Lipinski definition) is 1. The number of benzene rings is 1. The van der Waals surface area contributed by atoms with Gasteiger partial charge in [-0.2, -0.15) is 0 Å². The second-order valence-corrected chi connectivity index (χ2v) is 8.80. The zero-order chi connectivity index (χ0) is 19.5. The Labute approximate surface area is 169 Å². The Morgan fingerprint density at radius 3 is 2.55 bits per heavy atom. The number of carbonyl (C=O) groups excluding carboxylic acids is 2. The number of carbonyl (C=O) groups is 2. The molecule has 3 aliphatic heterocycles. The number of furan rings is 1. The second kappa shape index (κ2) is 6.37. The molecule has 1 aromatic carbocycles. The number of fused-ring (bicyclic) bond motifs is 3. The predicted octanol–water partition coefficient (Wildman–Crippen LogP) is 3.25. The van der Waals surface area contributed by atoms with E-state index in [2.05, 4.69) is 11.4 Å². The van der Waals surface area contributed by atoms with Gasteiger partial charge < -0.3 is 19.5 Å². The van der Waals surface area contributed by atoms with E-state index in [0.29, 0.717) is 24.8 Å². The summed E-state index contributed by atoms with van der Waals surface area (Å²) in [7, 11) is 0. The number of rotatable bonds is 3. The molecular weight excluding hydrogens is 366 g/mol. The first-order valence-electron chi connectivity index (χ1n) is 10.8. The van der Waals surface area contributed by atoms with Gasteiger partial charge in [-0.15, -0.1) is 0 Å². The Morgan fingerprint density at radius 2 is 1.79 bits per heavy atom. The highest BCUT2D eigenvalue weighted by Crippen LogP contribution is 2.43. The number of likely N-dealkylation sites (tertiary alicyclic amines) is 1. The normalized spacial score (nSPS) is 25.1. The molecule has 0 spiro atoms. The van der Waals surface area contributed by atoms with E-state index in [0.717, 1.165) is 55.5 Å². The van der Waals surface area contributed by atoms with E-state index in [4.69, 9.17) is 4.42 Å². The molecule has 6 nitrogen and oxygen atoms in total. The SMILES string of the molecule is O=C(c1occc1C1CC1)N1C[C@H]2CC[C@@H](C1)N2C(=O)c1cccc2c1NCC2. The third-order valence-corrected chi connectivity index (χ3v) is 6.99. The molecule has 6 rings (SSSR count). The van der Waals surface area contributed by atoms with Crippen molar-refractivity contribution in [3.63, 3.8) is 0 Å². The Bertz CT molecular complexity index is 979. The van der Waals surface area contributed by atoms with Gasteiger partial charge >= 0.3 is 0 Å². The van der Waals surface area contributed by atoms with Crippen molar-refractivity contribution >= 4 is 17.5 Å². The summed E-state index contributed by atoms with van der Waals surface area (Å²) in [6.45, 7) is 2.07. The molecule has 150 valence electrons. The third kappa shape index (κ3) is 2.69. The van der Waals surface area contributed by atoms with Gasteiger partial charge in [0.1, 0.15) is 0 Å². The van der Waals surface area contributed by atoms with Crippen LogP contribution in [-0.2, 0) is 6.42 Å². The fourth-order valence-electron chi connectivity index (χ4n) is 5.41. The Hall–Kier alpha value is -2.76. The summed E-state index contributed by atoms with van der Waals surface area (Å²) in [5.74, 6) is 1.09. The lowest BCUT2D eigenvalue weighted by molar-refractivity contribution is 0.0345. The fraction of sp³-hybridized carbons (Fsp3) is 0.478. The van der Waals surface area contributed by atoms with Crippen LogP contribution in [-0.4, -0.2) is 53.3 Å². The molecule has 4 heterocycles. The average molecular weight is 391 g/mol. The van der Waals surface area contributed by atoms with Crippen LogP contribution in [0, 0.1) is 0 Å². The molecule has 2 atom stereocenters. The number of para-hydroxylation sites is 1. The van der Waals surface area contributed by atoms with Crippen molar-refractivity contribution in [1.82, 2.24) is 9.80 Å². The van der Waals surface area contributed by atoms with Crippen molar-refractivity contribution in [3.8, 4) is 0 Å². The van der Waals surface area contributed by atoms with E-state index >= 15 is 0 Å². The Kier molecular flexibility index (Phi) is 3.76. The molecule has 2 saturated heterocycles. The molecule has 2 aromatic rings. The lowest BCUT2D eigenvalue weighted by Crippen LogP contribution is -2.57. The van der Waals surface area contributed by atoms with Crippen LogP contribution in [0.2, 0.25) is 0 Å². The summed E-state index contributed by atoms with van der Waals surface area (Å²) in [5.41, 5.74) is 4.06. The first-order chi connectivity index (χ1) is 14.2. The lowest BCUT2D eigenvalue weighted by atomic mass is 10.0. The van der Waals surface area contributed by atoms with Crippen molar-refractivity contribution in [2.75, 3.05) is 25.0 Å². The van der Waals surface area contributed by atoms with E-state index in [1.165, 1.54) is 5.56 Å². The Balaban J connectivity index is 1.23. The standard InChI is InChI=1S/C23H25N3O3/c27-22(19-3-1-2-15-8-10-24-20(15)19)26-16-6-7-17(26)13-25(12-16)23(28)21-18(9-11-29-21)14-4-5-14/h1-3,9,11,14,16-17,24H,4-8,10,12-13H2/t16-,17+. The van der Waals surface area contributed by atoms with Gasteiger partial charge in [0.2, 0.25) is 0 Å². The molecule has 29 heavy (non-hydrogen) atoms. The molecule has 2 amide bonds. The molecule has 1 aliphatic carbocycles. The summed E-state index contributed by atoms with van der Waals surface area (Å²) < 4.78 is 5.59. The molecule has 0 unspecified atom stereocenters. The quantitative estimate of drug-likeness (QED) is 0.872. The van der Waals surface area contributed by atoms with Gasteiger partial charge in [0.15, 0.2) is 5.76 Å². The smallest absolute Gasteiger partial charge is 0.289 e. The number of hydrogen-bond acceptors (Lipinski definition) is 4. The zero-order valence-corrected chi connectivity index (χ0v) is 16.4. The van der Waals surface area contributed by atoms with Gasteiger partial charge in [0.05, 0.1) is 29.6 Å². The maximum Gasteiger partial charge on any atom is 0.289 e. The molecule has 0 radical (unpaired) electrons. The van der Waals surface area contributed by atoms with E-state index in [9.17, 15) is 9.59 Å². The molecule has 6 heteroatoms. The van der Waals surface area contributed by atoms with E-state index in [1.54, 1.807) is 6.26 Å². The van der Waals surface area contributed by atoms with Gasteiger partial charge in [0, 0.05) is 25.2 Å². The van der Waals surface area contributed by atoms with Crippen LogP contribution in [0.1, 0.15) is 63.6 Å². The second-order valence-electron chi connectivity index (χ2n) is 8.80. The van der Waals surface area contributed by atoms with Crippen molar-refractivity contribution in [2.24, 2.45) is 0 Å². The largest absolute Gasteiger partial charge is 0.459 e. The molecule has 1 aromatic heterocycles. The highest BCUT2D eigenvalue weighted by Gasteiger charge is 2.45. The minimum absolute atomic E-state index is 0.0110. The van der Waals surface area contributed by atoms with Crippen LogP contribution in [0.3, 0.4) is 0 Å². The molecule has 3 fully saturated rings. The predicted molar refractivity (Wildman–Crippen MR) is 108 cm³/mol. The van der Waals surface area contributed by atoms with Gasteiger partial charge in [-0.25, -0.2) is 0 Å². The van der Waals surface area contributed by atoms with Crippen LogP contribution in [0.15, 0.2) is 34.9 Å². The van der Waals surface area contributed by atoms with E-state index in [-0.39, 0.29) is 23.9 Å². The summed E-state index contributed by atoms with van der Waals surface area (Å²) in [6, 6.07) is 8.13. The lowest BCUT2D eigenvalue weighted by Gasteiger charge is -2.41. The third-order valence-electron chi connectivity index (χ3n) is 6.99. The molecule has 1 saturated carbocycles. The highest BCUT2D eigenvalue weighted by atomic mass is 16.3. The summed E-state index contributed by atoms with van der Waals surface area (Å²) in [6.07, 6.45) is 6.80. The van der Waals surface area contributed by atoms with Crippen LogP contribution >= 0.6 is 0 Å². The van der Waals surface area contributed by atoms with Gasteiger partial charge in [0.25, 0.3) is 11.8 Å². The number of piperazine rings is 1. The van der Waals surface area contributed by atoms with Crippen LogP contribution in [0.25, 0.3) is 0 Å². The van der Waals surface area contributed by atoms with Crippen LogP contribution in [0.5, 0.6) is 0 Å². The summed E-state index contributed by atoms with van der Waals surface area (Å²) in [5, 5.41) is 3.38. The minimum Gasteiger partial charge on any atom is -0.459 e. The van der Waals surface area contributed by atoms with E-state index in [1.807, 2.05) is 28.0 Å². The molecular formula is C23H25N3O3. The number of nitrogens with zero attached hydrogens (tertiary/aromatic N) is 2. The first kappa shape index (κ1) is 17.1. The number of nitrogens with one attached hydrogen (secondary N) is 1. The topological polar surface area (TPSA) is 65.8 Å². The molecule has 2 bridgehead atoms. The Morgan fingerprint density at radius 1 is 1.00 bits per heavy atom. The monoisotopic (exact) mass is 391 g/mol. The minimum atomic E-state index is -0.0110. The summed E-state index contributed by atoms with van der Waals surface area (Å²) in [4.78, 5) is 30.5. The van der Waals surface area contributed by atoms with Crippen molar-refractivity contribution < 1.29 is 14.0 Å².